The molecule has 0 aromatic carbocycles. The molecule has 0 unspecified atom stereocenters. The van der Waals surface area contributed by atoms with Crippen molar-refractivity contribution in [3.05, 3.63) is 31.6 Å². The lowest BCUT2D eigenvalue weighted by Gasteiger charge is -2.19. The highest BCUT2D eigenvalue weighted by Gasteiger charge is 2.28. The van der Waals surface area contributed by atoms with E-state index in [0.717, 1.165) is 48.4 Å². The van der Waals surface area contributed by atoms with Gasteiger partial charge in [-0.2, -0.15) is 0 Å². The molecule has 2 aliphatic heterocycles. The molecule has 2 saturated heterocycles. The summed E-state index contributed by atoms with van der Waals surface area (Å²) in [6, 6.07) is 3.24. The standard InChI is InChI=1S/C15H20N2O4S.C12H15NO4S/c1-17(2)9-16-11-8-12(22-14(11)15(19)20-3)13(18)10-4-6-21-7-5-10;1-16-12(15)11-8(13)6-9(18-11)10(14)7-2-4-17-5-3-7/h8-10H,4-7H2,1-3H3;6-7H,2-5,13H2,1H3. The molecule has 2 fully saturated rings. The maximum atomic E-state index is 12.6. The Hall–Kier alpha value is -3.13. The van der Waals surface area contributed by atoms with Gasteiger partial charge in [0.1, 0.15) is 9.75 Å². The second-order valence-electron chi connectivity index (χ2n) is 9.41. The zero-order chi connectivity index (χ0) is 29.2. The first-order valence-electron chi connectivity index (χ1n) is 12.8. The Morgan fingerprint density at radius 1 is 0.850 bits per heavy atom. The molecular weight excluding hydrogens is 558 g/mol. The molecule has 4 heterocycles. The number of rotatable bonds is 8. The first kappa shape index (κ1) is 31.4. The highest BCUT2D eigenvalue weighted by Crippen LogP contribution is 2.33. The number of carbonyl (C=O) groups is 4. The van der Waals surface area contributed by atoms with Gasteiger partial charge in [-0.15, -0.1) is 22.7 Å². The van der Waals surface area contributed by atoms with E-state index < -0.39 is 11.9 Å². The van der Waals surface area contributed by atoms with Crippen molar-refractivity contribution in [3.63, 3.8) is 0 Å². The number of ketones is 2. The minimum Gasteiger partial charge on any atom is -0.465 e. The van der Waals surface area contributed by atoms with Crippen LogP contribution in [0.15, 0.2) is 17.1 Å². The van der Waals surface area contributed by atoms with E-state index in [9.17, 15) is 19.2 Å². The Balaban J connectivity index is 0.000000225. The number of Topliss-reactive ketones (excluding diaryl/α,β-unsaturated/α-hetero) is 2. The number of anilines is 1. The molecule has 0 bridgehead atoms. The molecule has 0 spiro atoms. The van der Waals surface area contributed by atoms with Crippen LogP contribution in [-0.4, -0.2) is 89.5 Å². The smallest absolute Gasteiger partial charge is 0.350 e. The second kappa shape index (κ2) is 15.0. The maximum Gasteiger partial charge on any atom is 0.350 e. The predicted octanol–water partition coefficient (Wildman–Crippen LogP) is 4.09. The molecule has 13 heteroatoms. The summed E-state index contributed by atoms with van der Waals surface area (Å²) in [4.78, 5) is 55.8. The van der Waals surface area contributed by atoms with Crippen LogP contribution in [-0.2, 0) is 18.9 Å². The molecule has 2 N–H and O–H groups in total. The molecule has 0 saturated carbocycles. The van der Waals surface area contributed by atoms with E-state index in [1.807, 2.05) is 14.1 Å². The van der Waals surface area contributed by atoms with Crippen molar-refractivity contribution in [2.75, 3.05) is 60.5 Å². The summed E-state index contributed by atoms with van der Waals surface area (Å²) in [5.74, 6) is -0.925. The van der Waals surface area contributed by atoms with Crippen LogP contribution in [0.4, 0.5) is 11.4 Å². The van der Waals surface area contributed by atoms with Crippen LogP contribution in [0.5, 0.6) is 0 Å². The Kier molecular flexibility index (Phi) is 11.8. The third-order valence-electron chi connectivity index (χ3n) is 6.31. The first-order valence-corrected chi connectivity index (χ1v) is 14.4. The fourth-order valence-electron chi connectivity index (χ4n) is 4.12. The maximum absolute atomic E-state index is 12.6. The van der Waals surface area contributed by atoms with Crippen molar-refractivity contribution < 1.29 is 38.1 Å². The van der Waals surface area contributed by atoms with Crippen LogP contribution in [0.3, 0.4) is 0 Å². The lowest BCUT2D eigenvalue weighted by atomic mass is 9.94. The molecule has 2 aliphatic rings. The minimum absolute atomic E-state index is 0.0257. The number of nitrogen functional groups attached to an aromatic ring is 1. The van der Waals surface area contributed by atoms with Crippen molar-refractivity contribution in [2.24, 2.45) is 16.8 Å². The average Bonchev–Trinajstić information content (AvgIpc) is 3.59. The Morgan fingerprint density at radius 2 is 1.30 bits per heavy atom. The topological polar surface area (TPSA) is 147 Å². The van der Waals surface area contributed by atoms with E-state index in [2.05, 4.69) is 9.73 Å². The summed E-state index contributed by atoms with van der Waals surface area (Å²) < 4.78 is 19.9. The number of methoxy groups -OCH3 is 2. The van der Waals surface area contributed by atoms with Gasteiger partial charge in [-0.25, -0.2) is 14.6 Å². The molecule has 0 atom stereocenters. The summed E-state index contributed by atoms with van der Waals surface area (Å²) >= 11 is 2.25. The number of thiophene rings is 2. The van der Waals surface area contributed by atoms with Gasteiger partial charge < -0.3 is 29.6 Å². The number of hydrogen-bond acceptors (Lipinski definition) is 12. The summed E-state index contributed by atoms with van der Waals surface area (Å²) in [6.45, 7) is 2.44. The van der Waals surface area contributed by atoms with E-state index in [1.165, 1.54) is 14.2 Å². The number of hydrogen-bond donors (Lipinski definition) is 1. The van der Waals surface area contributed by atoms with Gasteiger partial charge in [-0.3, -0.25) is 9.59 Å². The third-order valence-corrected chi connectivity index (χ3v) is 8.58. The molecule has 11 nitrogen and oxygen atoms in total. The number of nitrogens with zero attached hydrogens (tertiary/aromatic N) is 2. The lowest BCUT2D eigenvalue weighted by Crippen LogP contribution is -2.22. The lowest BCUT2D eigenvalue weighted by molar-refractivity contribution is 0.0546. The van der Waals surface area contributed by atoms with E-state index >= 15 is 0 Å². The van der Waals surface area contributed by atoms with Crippen molar-refractivity contribution in [3.8, 4) is 0 Å². The minimum atomic E-state index is -0.497. The number of nitrogens with two attached hydrogens (primary N) is 1. The van der Waals surface area contributed by atoms with Crippen LogP contribution in [0.1, 0.15) is 64.4 Å². The number of carbonyl (C=O) groups excluding carboxylic acids is 4. The molecule has 0 amide bonds. The van der Waals surface area contributed by atoms with Gasteiger partial charge in [-0.1, -0.05) is 0 Å². The fourth-order valence-corrected chi connectivity index (χ4v) is 6.17. The zero-order valence-electron chi connectivity index (χ0n) is 23.1. The summed E-state index contributed by atoms with van der Waals surface area (Å²) in [5.41, 5.74) is 6.50. The monoisotopic (exact) mass is 593 g/mol. The normalized spacial score (nSPS) is 16.2. The van der Waals surface area contributed by atoms with Gasteiger partial charge in [0.15, 0.2) is 11.6 Å². The number of esters is 2. The molecule has 2 aromatic heterocycles. The molecule has 218 valence electrons. The van der Waals surface area contributed by atoms with Crippen molar-refractivity contribution >= 4 is 63.9 Å². The van der Waals surface area contributed by atoms with Gasteiger partial charge in [0.25, 0.3) is 0 Å². The third kappa shape index (κ3) is 8.19. The van der Waals surface area contributed by atoms with Crippen LogP contribution in [0.25, 0.3) is 0 Å². The highest BCUT2D eigenvalue weighted by atomic mass is 32.1. The summed E-state index contributed by atoms with van der Waals surface area (Å²) in [5, 5.41) is 0. The number of ether oxygens (including phenoxy) is 4. The highest BCUT2D eigenvalue weighted by molar-refractivity contribution is 7.17. The van der Waals surface area contributed by atoms with Gasteiger partial charge in [0, 0.05) is 52.4 Å². The van der Waals surface area contributed by atoms with E-state index in [4.69, 9.17) is 19.9 Å². The van der Waals surface area contributed by atoms with Crippen molar-refractivity contribution in [2.45, 2.75) is 25.7 Å². The quantitative estimate of drug-likeness (QED) is 0.205. The zero-order valence-corrected chi connectivity index (χ0v) is 24.7. The first-order chi connectivity index (χ1) is 19.2. The van der Waals surface area contributed by atoms with Gasteiger partial charge in [0.05, 0.1) is 41.7 Å². The number of aliphatic imine (C=N–C) groups is 1. The van der Waals surface area contributed by atoms with E-state index in [-0.39, 0.29) is 23.4 Å². The Morgan fingerprint density at radius 3 is 1.77 bits per heavy atom. The summed E-state index contributed by atoms with van der Waals surface area (Å²) in [6.07, 6.45) is 4.49. The summed E-state index contributed by atoms with van der Waals surface area (Å²) in [7, 11) is 6.28. The predicted molar refractivity (Wildman–Crippen MR) is 153 cm³/mol. The van der Waals surface area contributed by atoms with Gasteiger partial charge in [-0.05, 0) is 37.8 Å². The second-order valence-corrected chi connectivity index (χ2v) is 11.5. The largest absolute Gasteiger partial charge is 0.465 e. The van der Waals surface area contributed by atoms with Crippen LogP contribution in [0, 0.1) is 11.8 Å². The van der Waals surface area contributed by atoms with Gasteiger partial charge >= 0.3 is 11.9 Å². The van der Waals surface area contributed by atoms with Crippen LogP contribution < -0.4 is 5.73 Å². The van der Waals surface area contributed by atoms with E-state index in [0.29, 0.717) is 57.3 Å². The molecule has 40 heavy (non-hydrogen) atoms. The average molecular weight is 594 g/mol. The van der Waals surface area contributed by atoms with Crippen molar-refractivity contribution in [1.82, 2.24) is 4.90 Å². The fraction of sp³-hybridized carbons (Fsp3) is 0.519. The van der Waals surface area contributed by atoms with Crippen LogP contribution in [0.2, 0.25) is 0 Å². The van der Waals surface area contributed by atoms with E-state index in [1.54, 1.807) is 23.4 Å². The molecule has 0 aliphatic carbocycles. The SMILES string of the molecule is COC(=O)c1sc(C(=O)C2CCOCC2)cc1N.COC(=O)c1sc(C(=O)C2CCOCC2)cc1N=CN(C)C. The molecule has 2 aromatic rings. The molecule has 0 radical (unpaired) electrons. The van der Waals surface area contributed by atoms with Gasteiger partial charge in [0.2, 0.25) is 0 Å². The Bertz CT molecular complexity index is 1220. The Labute approximate surface area is 241 Å². The van der Waals surface area contributed by atoms with Crippen molar-refractivity contribution in [1.29, 1.82) is 0 Å². The van der Waals surface area contributed by atoms with Crippen LogP contribution >= 0.6 is 22.7 Å². The molecular formula is C27H35N3O8S2. The molecule has 4 rings (SSSR count).